The van der Waals surface area contributed by atoms with Gasteiger partial charge in [-0.25, -0.2) is 4.79 Å². The van der Waals surface area contributed by atoms with Crippen molar-refractivity contribution in [2.45, 2.75) is 71.3 Å². The molecule has 0 rings (SSSR count). The van der Waals surface area contributed by atoms with E-state index in [1.807, 2.05) is 0 Å². The summed E-state index contributed by atoms with van der Waals surface area (Å²) >= 11 is 0. The maximum atomic E-state index is 11.5. The smallest absolute Gasteiger partial charge is 0.404 e. The molecule has 1 unspecified atom stereocenters. The molecule has 0 aromatic heterocycles. The zero-order chi connectivity index (χ0) is 24.3. The van der Waals surface area contributed by atoms with E-state index < -0.39 is 18.0 Å². The molecule has 0 aromatic rings. The highest BCUT2D eigenvalue weighted by molar-refractivity contribution is 5.87. The van der Waals surface area contributed by atoms with Crippen LogP contribution in [-0.2, 0) is 14.3 Å². The molecule has 0 aliphatic heterocycles. The lowest BCUT2D eigenvalue weighted by molar-refractivity contribution is -0.126. The van der Waals surface area contributed by atoms with Crippen molar-refractivity contribution in [3.8, 4) is 0 Å². The second kappa shape index (κ2) is 28.1. The average Bonchev–Trinajstić information content (AvgIpc) is 2.75. The fraction of sp³-hybridized carbons (Fsp3) is 0.850. The largest absolute Gasteiger partial charge is 0.448 e. The molecule has 186 valence electrons. The summed E-state index contributed by atoms with van der Waals surface area (Å²) in [6, 6.07) is -0.646. The second-order valence-electron chi connectivity index (χ2n) is 6.76. The number of primary amides is 1. The maximum Gasteiger partial charge on any atom is 0.404 e. The second-order valence-corrected chi connectivity index (χ2v) is 6.76. The molecular weight excluding hydrogens is 402 g/mol. The molecule has 11 nitrogen and oxygen atoms in total. The van der Waals surface area contributed by atoms with Crippen molar-refractivity contribution in [3.05, 3.63) is 0 Å². The fourth-order valence-electron chi connectivity index (χ4n) is 1.94. The lowest BCUT2D eigenvalue weighted by Crippen LogP contribution is -2.45. The molecule has 0 spiro atoms. The van der Waals surface area contributed by atoms with Crippen molar-refractivity contribution >= 4 is 17.9 Å². The van der Waals surface area contributed by atoms with E-state index in [-0.39, 0.29) is 25.6 Å². The Hall–Kier alpha value is -1.95. The lowest BCUT2D eigenvalue weighted by atomic mass is 10.1. The molecule has 1 atom stereocenters. The van der Waals surface area contributed by atoms with E-state index in [9.17, 15) is 14.4 Å². The number of amides is 3. The van der Waals surface area contributed by atoms with Crippen molar-refractivity contribution in [3.63, 3.8) is 0 Å². The summed E-state index contributed by atoms with van der Waals surface area (Å²) in [7, 11) is 0. The topological polar surface area (TPSA) is 215 Å². The highest BCUT2D eigenvalue weighted by Gasteiger charge is 2.13. The standard InChI is InChI=1S/C11H23N5O4.C5H13N.C4H11N/c12-4-2-1-3-8(13)10(18)16-7-9(17)15-5-6-20-11(14)19;1-2-3-4-5-6;1-2-3-4-5/h8H,1-7,12-13H2,(H2,14,19)(H,15,17)(H,16,18);2-6H2,1H3;2-5H2,1H3. The van der Waals surface area contributed by atoms with Crippen molar-refractivity contribution < 1.29 is 19.1 Å². The Morgan fingerprint density at radius 1 is 0.839 bits per heavy atom. The van der Waals surface area contributed by atoms with Gasteiger partial charge in [-0.3, -0.25) is 9.59 Å². The molecule has 0 bridgehead atoms. The van der Waals surface area contributed by atoms with Crippen LogP contribution in [-0.4, -0.2) is 63.3 Å². The molecule has 0 saturated heterocycles. The number of unbranched alkanes of at least 4 members (excludes halogenated alkanes) is 4. The number of nitrogens with two attached hydrogens (primary N) is 5. The van der Waals surface area contributed by atoms with Crippen molar-refractivity contribution in [2.75, 3.05) is 39.3 Å². The van der Waals surface area contributed by atoms with E-state index in [2.05, 4.69) is 29.2 Å². The summed E-state index contributed by atoms with van der Waals surface area (Å²) in [5.41, 5.74) is 26.1. The van der Waals surface area contributed by atoms with Crippen molar-refractivity contribution in [2.24, 2.45) is 28.7 Å². The molecule has 0 saturated carbocycles. The molecule has 0 aliphatic carbocycles. The van der Waals surface area contributed by atoms with Crippen molar-refractivity contribution in [1.29, 1.82) is 0 Å². The summed E-state index contributed by atoms with van der Waals surface area (Å²) in [5.74, 6) is -0.786. The van der Waals surface area contributed by atoms with Gasteiger partial charge in [-0.2, -0.15) is 0 Å². The molecule has 0 aromatic carbocycles. The van der Waals surface area contributed by atoms with Crippen LogP contribution in [0.3, 0.4) is 0 Å². The zero-order valence-corrected chi connectivity index (χ0v) is 19.5. The zero-order valence-electron chi connectivity index (χ0n) is 19.5. The number of hydrogen-bond donors (Lipinski definition) is 7. The Bertz CT molecular complexity index is 420. The number of carbonyl (C=O) groups excluding carboxylic acids is 3. The summed E-state index contributed by atoms with van der Waals surface area (Å²) in [4.78, 5) is 33.1. The van der Waals surface area contributed by atoms with Gasteiger partial charge in [0.25, 0.3) is 0 Å². The SMILES string of the molecule is CCCCCN.CCCCN.NCCCCC(N)C(=O)NCC(=O)NCCOC(N)=O. The summed E-state index contributed by atoms with van der Waals surface area (Å²) in [6.45, 7) is 6.49. The van der Waals surface area contributed by atoms with Crippen LogP contribution in [0.4, 0.5) is 4.79 Å². The van der Waals surface area contributed by atoms with Gasteiger partial charge in [-0.05, 0) is 45.3 Å². The lowest BCUT2D eigenvalue weighted by Gasteiger charge is -2.12. The van der Waals surface area contributed by atoms with Crippen LogP contribution >= 0.6 is 0 Å². The number of hydrogen-bond acceptors (Lipinski definition) is 8. The summed E-state index contributed by atoms with van der Waals surface area (Å²) < 4.78 is 4.42. The Morgan fingerprint density at radius 2 is 1.39 bits per heavy atom. The third-order valence-corrected chi connectivity index (χ3v) is 3.76. The van der Waals surface area contributed by atoms with Gasteiger partial charge in [-0.15, -0.1) is 0 Å². The molecule has 11 heteroatoms. The van der Waals surface area contributed by atoms with Gasteiger partial charge in [-0.1, -0.05) is 39.5 Å². The summed E-state index contributed by atoms with van der Waals surface area (Å²) in [6.07, 6.45) is 7.33. The van der Waals surface area contributed by atoms with Gasteiger partial charge in [0.15, 0.2) is 0 Å². The van der Waals surface area contributed by atoms with Crippen LogP contribution < -0.4 is 39.3 Å². The molecule has 0 fully saturated rings. The van der Waals surface area contributed by atoms with Crippen LogP contribution in [0.25, 0.3) is 0 Å². The Kier molecular flexibility index (Phi) is 30.5. The van der Waals surface area contributed by atoms with Gasteiger partial charge in [0.05, 0.1) is 19.1 Å². The van der Waals surface area contributed by atoms with Gasteiger partial charge in [0.1, 0.15) is 6.61 Å². The van der Waals surface area contributed by atoms with Crippen LogP contribution in [0.1, 0.15) is 65.2 Å². The third kappa shape index (κ3) is 32.9. The first-order valence-electron chi connectivity index (χ1n) is 11.1. The fourth-order valence-corrected chi connectivity index (χ4v) is 1.94. The molecule has 3 amide bonds. The number of carbonyl (C=O) groups is 3. The van der Waals surface area contributed by atoms with Gasteiger partial charge in [0.2, 0.25) is 11.8 Å². The Labute approximate surface area is 187 Å². The van der Waals surface area contributed by atoms with E-state index in [1.165, 1.54) is 32.1 Å². The predicted octanol–water partition coefficient (Wildman–Crippen LogP) is -0.349. The van der Waals surface area contributed by atoms with Crippen LogP contribution in [0.5, 0.6) is 0 Å². The Morgan fingerprint density at radius 3 is 1.81 bits per heavy atom. The number of ether oxygens (including phenoxy) is 1. The summed E-state index contributed by atoms with van der Waals surface area (Å²) in [5, 5.41) is 4.86. The van der Waals surface area contributed by atoms with Crippen LogP contribution in [0.15, 0.2) is 0 Å². The van der Waals surface area contributed by atoms with Gasteiger partial charge in [0, 0.05) is 0 Å². The molecule has 0 aliphatic rings. The van der Waals surface area contributed by atoms with Gasteiger partial charge >= 0.3 is 6.09 Å². The quantitative estimate of drug-likeness (QED) is 0.164. The highest BCUT2D eigenvalue weighted by atomic mass is 16.5. The van der Waals surface area contributed by atoms with Gasteiger partial charge < -0.3 is 44.0 Å². The first-order chi connectivity index (χ1) is 14.8. The molecular formula is C20H47N7O4. The first-order valence-corrected chi connectivity index (χ1v) is 11.1. The molecule has 0 radical (unpaired) electrons. The minimum absolute atomic E-state index is 0.0202. The average molecular weight is 450 g/mol. The van der Waals surface area contributed by atoms with Crippen LogP contribution in [0, 0.1) is 0 Å². The van der Waals surface area contributed by atoms with E-state index in [4.69, 9.17) is 28.7 Å². The minimum atomic E-state index is -0.906. The third-order valence-electron chi connectivity index (χ3n) is 3.76. The van der Waals surface area contributed by atoms with E-state index >= 15 is 0 Å². The number of nitrogens with one attached hydrogen (secondary N) is 2. The molecule has 12 N–H and O–H groups in total. The monoisotopic (exact) mass is 449 g/mol. The first kappa shape index (κ1) is 33.7. The normalized spacial score (nSPS) is 10.5. The molecule has 0 heterocycles. The minimum Gasteiger partial charge on any atom is -0.448 e. The molecule has 31 heavy (non-hydrogen) atoms. The van der Waals surface area contributed by atoms with Crippen LogP contribution in [0.2, 0.25) is 0 Å². The van der Waals surface area contributed by atoms with E-state index in [0.29, 0.717) is 13.0 Å². The number of rotatable bonds is 15. The predicted molar refractivity (Wildman–Crippen MR) is 125 cm³/mol. The maximum absolute atomic E-state index is 11.5. The Balaban J connectivity index is -0.000000583. The highest BCUT2D eigenvalue weighted by Crippen LogP contribution is 1.97. The van der Waals surface area contributed by atoms with Crippen molar-refractivity contribution in [1.82, 2.24) is 10.6 Å². The van der Waals surface area contributed by atoms with E-state index in [0.717, 1.165) is 25.9 Å². The van der Waals surface area contributed by atoms with E-state index in [1.54, 1.807) is 0 Å².